The number of hydrogen-bond donors (Lipinski definition) is 0. The number of carbonyl (C=O) groups is 3. The lowest BCUT2D eigenvalue weighted by molar-refractivity contribution is -0.142. The van der Waals surface area contributed by atoms with Crippen molar-refractivity contribution in [2.24, 2.45) is 0 Å². The fraction of sp³-hybridized carbons (Fsp3) is 0.227. The number of methoxy groups -OCH3 is 2. The maximum atomic E-state index is 13.0. The molecule has 8 nitrogen and oxygen atoms in total. The number of benzene rings is 2. The number of nitrogens with zero attached hydrogens (tertiary/aromatic N) is 1. The summed E-state index contributed by atoms with van der Waals surface area (Å²) in [5.74, 6) is -0.314. The van der Waals surface area contributed by atoms with Crippen LogP contribution in [0.3, 0.4) is 0 Å². The number of hydrogen-bond acceptors (Lipinski definition) is 8. The topological polar surface area (TPSA) is 91.4 Å². The first-order valence-electron chi connectivity index (χ1n) is 9.53. The molecule has 0 unspecified atom stereocenters. The molecule has 0 N–H and O–H groups in total. The van der Waals surface area contributed by atoms with Gasteiger partial charge in [-0.05, 0) is 59.8 Å². The molecule has 0 saturated carbocycles. The van der Waals surface area contributed by atoms with Crippen LogP contribution in [-0.2, 0) is 14.3 Å². The Balaban J connectivity index is 1.69. The second kappa shape index (κ2) is 11.2. The molecule has 33 heavy (non-hydrogen) atoms. The average Bonchev–Trinajstić information content (AvgIpc) is 3.07. The summed E-state index contributed by atoms with van der Waals surface area (Å²) < 4.78 is 34.3. The lowest BCUT2D eigenvalue weighted by Crippen LogP contribution is -2.32. The molecule has 1 heterocycles. The number of imide groups is 1. The van der Waals surface area contributed by atoms with Crippen LogP contribution < -0.4 is 14.2 Å². The summed E-state index contributed by atoms with van der Waals surface area (Å²) in [6.45, 7) is -0.178. The van der Waals surface area contributed by atoms with Crippen molar-refractivity contribution in [2.45, 2.75) is 0 Å². The summed E-state index contributed by atoms with van der Waals surface area (Å²) in [4.78, 5) is 37.7. The summed E-state index contributed by atoms with van der Waals surface area (Å²) in [7, 11) is 2.69. The number of esters is 1. The zero-order valence-corrected chi connectivity index (χ0v) is 20.0. The highest BCUT2D eigenvalue weighted by molar-refractivity contribution is 9.10. The molecule has 174 valence electrons. The SMILES string of the molecule is COC(=O)COc1cc(Br)c(/C=C2\SC(=O)N(CCOc3ccc(F)cc3)C2=O)cc1OC. The van der Waals surface area contributed by atoms with E-state index < -0.39 is 17.1 Å². The number of halogens is 2. The van der Waals surface area contributed by atoms with Crippen LogP contribution in [0.1, 0.15) is 5.56 Å². The first-order chi connectivity index (χ1) is 15.8. The predicted octanol–water partition coefficient (Wildman–Crippen LogP) is 4.26. The fourth-order valence-corrected chi connectivity index (χ4v) is 4.04. The van der Waals surface area contributed by atoms with E-state index >= 15 is 0 Å². The van der Waals surface area contributed by atoms with Crippen molar-refractivity contribution >= 4 is 50.9 Å². The van der Waals surface area contributed by atoms with Gasteiger partial charge in [-0.3, -0.25) is 14.5 Å². The molecule has 1 aliphatic rings. The number of rotatable bonds is 9. The number of thioether (sulfide) groups is 1. The molecule has 0 atom stereocenters. The van der Waals surface area contributed by atoms with Gasteiger partial charge in [-0.2, -0.15) is 0 Å². The van der Waals surface area contributed by atoms with E-state index in [2.05, 4.69) is 20.7 Å². The Kier molecular flexibility index (Phi) is 8.34. The van der Waals surface area contributed by atoms with E-state index in [4.69, 9.17) is 14.2 Å². The van der Waals surface area contributed by atoms with Gasteiger partial charge >= 0.3 is 5.97 Å². The summed E-state index contributed by atoms with van der Waals surface area (Å²) in [6, 6.07) is 8.65. The van der Waals surface area contributed by atoms with E-state index in [1.807, 2.05) is 0 Å². The molecular formula is C22H19BrFNO7S. The minimum atomic E-state index is -0.547. The molecule has 2 aromatic rings. The third-order valence-electron chi connectivity index (χ3n) is 4.41. The van der Waals surface area contributed by atoms with E-state index in [0.717, 1.165) is 16.7 Å². The van der Waals surface area contributed by atoms with E-state index in [-0.39, 0.29) is 30.5 Å². The first kappa shape index (κ1) is 24.6. The van der Waals surface area contributed by atoms with Gasteiger partial charge < -0.3 is 18.9 Å². The third-order valence-corrected chi connectivity index (χ3v) is 6.01. The second-order valence-corrected chi connectivity index (χ2v) is 8.37. The van der Waals surface area contributed by atoms with Crippen LogP contribution in [0.4, 0.5) is 9.18 Å². The molecular weight excluding hydrogens is 521 g/mol. The van der Waals surface area contributed by atoms with Crippen LogP contribution in [0.15, 0.2) is 45.8 Å². The Morgan fingerprint density at radius 2 is 1.85 bits per heavy atom. The van der Waals surface area contributed by atoms with E-state index in [1.165, 1.54) is 38.5 Å². The number of amides is 2. The van der Waals surface area contributed by atoms with Gasteiger partial charge in [0.15, 0.2) is 18.1 Å². The fourth-order valence-electron chi connectivity index (χ4n) is 2.75. The molecule has 0 spiro atoms. The quantitative estimate of drug-likeness (QED) is 0.344. The zero-order chi connectivity index (χ0) is 24.0. The summed E-state index contributed by atoms with van der Waals surface area (Å²) in [6.07, 6.45) is 1.56. The summed E-state index contributed by atoms with van der Waals surface area (Å²) >= 11 is 4.21. The van der Waals surface area contributed by atoms with Crippen LogP contribution in [0.2, 0.25) is 0 Å². The largest absolute Gasteiger partial charge is 0.493 e. The zero-order valence-electron chi connectivity index (χ0n) is 17.6. The van der Waals surface area contributed by atoms with Crippen LogP contribution in [-0.4, -0.2) is 56.0 Å². The van der Waals surface area contributed by atoms with Gasteiger partial charge in [-0.25, -0.2) is 9.18 Å². The minimum absolute atomic E-state index is 0.0458. The van der Waals surface area contributed by atoms with Crippen molar-refractivity contribution in [3.05, 3.63) is 57.2 Å². The van der Waals surface area contributed by atoms with Gasteiger partial charge in [-0.15, -0.1) is 0 Å². The third kappa shape index (κ3) is 6.26. The van der Waals surface area contributed by atoms with Crippen molar-refractivity contribution in [1.29, 1.82) is 0 Å². The maximum absolute atomic E-state index is 13.0. The molecule has 0 aromatic heterocycles. The standard InChI is InChI=1S/C22H19BrFNO7S/c1-29-17-9-13(16(23)11-18(17)32-12-20(26)30-2)10-19-21(27)25(22(28)33-19)7-8-31-15-5-3-14(24)4-6-15/h3-6,9-11H,7-8,12H2,1-2H3/b19-10-. The smallest absolute Gasteiger partial charge is 0.343 e. The van der Waals surface area contributed by atoms with E-state index in [1.54, 1.807) is 18.2 Å². The van der Waals surface area contributed by atoms with Gasteiger partial charge in [0.25, 0.3) is 11.1 Å². The maximum Gasteiger partial charge on any atom is 0.343 e. The molecule has 1 fully saturated rings. The molecule has 1 saturated heterocycles. The molecule has 2 aromatic carbocycles. The lowest BCUT2D eigenvalue weighted by Gasteiger charge is -2.13. The van der Waals surface area contributed by atoms with Gasteiger partial charge in [0, 0.05) is 4.47 Å². The van der Waals surface area contributed by atoms with Crippen LogP contribution in [0.5, 0.6) is 17.2 Å². The highest BCUT2D eigenvalue weighted by Gasteiger charge is 2.35. The molecule has 2 amide bonds. The van der Waals surface area contributed by atoms with Crippen molar-refractivity contribution in [2.75, 3.05) is 34.0 Å². The number of ether oxygens (including phenoxy) is 4. The normalized spacial score (nSPS) is 14.5. The van der Waals surface area contributed by atoms with Crippen molar-refractivity contribution in [1.82, 2.24) is 4.90 Å². The van der Waals surface area contributed by atoms with Gasteiger partial charge in [0.1, 0.15) is 18.2 Å². The van der Waals surface area contributed by atoms with Crippen molar-refractivity contribution < 1.29 is 37.7 Å². The van der Waals surface area contributed by atoms with E-state index in [0.29, 0.717) is 27.3 Å². The molecule has 0 bridgehead atoms. The lowest BCUT2D eigenvalue weighted by atomic mass is 10.2. The Morgan fingerprint density at radius 1 is 1.12 bits per heavy atom. The van der Waals surface area contributed by atoms with Crippen LogP contribution >= 0.6 is 27.7 Å². The highest BCUT2D eigenvalue weighted by Crippen LogP contribution is 2.38. The Bertz CT molecular complexity index is 1090. The predicted molar refractivity (Wildman–Crippen MR) is 123 cm³/mol. The molecule has 1 aliphatic heterocycles. The molecule has 11 heteroatoms. The molecule has 0 radical (unpaired) electrons. The Labute approximate surface area is 201 Å². The second-order valence-electron chi connectivity index (χ2n) is 6.53. The minimum Gasteiger partial charge on any atom is -0.493 e. The van der Waals surface area contributed by atoms with E-state index in [9.17, 15) is 18.8 Å². The van der Waals surface area contributed by atoms with Gasteiger partial charge in [-0.1, -0.05) is 15.9 Å². The van der Waals surface area contributed by atoms with Gasteiger partial charge in [0.2, 0.25) is 0 Å². The Morgan fingerprint density at radius 3 is 2.52 bits per heavy atom. The van der Waals surface area contributed by atoms with Crippen molar-refractivity contribution in [3.63, 3.8) is 0 Å². The summed E-state index contributed by atoms with van der Waals surface area (Å²) in [5.41, 5.74) is 0.574. The monoisotopic (exact) mass is 539 g/mol. The van der Waals surface area contributed by atoms with Crippen LogP contribution in [0.25, 0.3) is 6.08 Å². The highest BCUT2D eigenvalue weighted by atomic mass is 79.9. The van der Waals surface area contributed by atoms with Crippen molar-refractivity contribution in [3.8, 4) is 17.2 Å². The number of carbonyl (C=O) groups excluding carboxylic acids is 3. The molecule has 0 aliphatic carbocycles. The Hall–Kier alpha value is -3.05. The summed E-state index contributed by atoms with van der Waals surface area (Å²) in [5, 5.41) is -0.421. The van der Waals surface area contributed by atoms with Crippen LogP contribution in [0, 0.1) is 5.82 Å². The van der Waals surface area contributed by atoms with Gasteiger partial charge in [0.05, 0.1) is 25.7 Å². The average molecular weight is 540 g/mol. The molecule has 3 rings (SSSR count). The first-order valence-corrected chi connectivity index (χ1v) is 11.1.